The van der Waals surface area contributed by atoms with E-state index in [0.29, 0.717) is 28.1 Å². The van der Waals surface area contributed by atoms with Crippen LogP contribution in [-0.2, 0) is 10.2 Å². The summed E-state index contributed by atoms with van der Waals surface area (Å²) in [5, 5.41) is 15.4. The van der Waals surface area contributed by atoms with Crippen molar-refractivity contribution in [1.29, 1.82) is 0 Å². The zero-order valence-electron chi connectivity index (χ0n) is 27.0. The molecule has 0 radical (unpaired) electrons. The molecule has 3 atom stereocenters. The van der Waals surface area contributed by atoms with E-state index in [0.717, 1.165) is 45.3 Å². The highest BCUT2D eigenvalue weighted by Gasteiger charge is 2.41. The zero-order chi connectivity index (χ0) is 32.0. The molecule has 3 unspecified atom stereocenters. The number of epoxide rings is 1. The molecule has 5 rings (SSSR count). The van der Waals surface area contributed by atoms with Crippen LogP contribution in [0, 0.1) is 27.7 Å². The highest BCUT2D eigenvalue weighted by atomic mass is 32.3. The molecule has 12 heteroatoms. The highest BCUT2D eigenvalue weighted by molar-refractivity contribution is 8.33. The first-order valence-corrected chi connectivity index (χ1v) is 24.0. The van der Waals surface area contributed by atoms with E-state index in [2.05, 4.69) is 89.3 Å². The molecule has 2 aromatic carbocycles. The van der Waals surface area contributed by atoms with Gasteiger partial charge in [-0.1, -0.05) is 38.1 Å². The molecule has 45 heavy (non-hydrogen) atoms. The summed E-state index contributed by atoms with van der Waals surface area (Å²) in [5.74, 6) is 4.79. The molecule has 2 aromatic rings. The van der Waals surface area contributed by atoms with Crippen molar-refractivity contribution in [3.63, 3.8) is 0 Å². The lowest BCUT2D eigenvalue weighted by Gasteiger charge is -2.29. The van der Waals surface area contributed by atoms with Crippen molar-refractivity contribution in [2.45, 2.75) is 73.8 Å². The average molecular weight is 763 g/mol. The molecule has 3 aliphatic heterocycles. The number of rotatable bonds is 15. The monoisotopic (exact) mass is 762 g/mol. The van der Waals surface area contributed by atoms with Gasteiger partial charge in [-0.25, -0.2) is 0 Å². The van der Waals surface area contributed by atoms with Gasteiger partial charge in [0.2, 0.25) is 0 Å². The number of thioether (sulfide) groups is 8. The molecule has 4 nitrogen and oxygen atoms in total. The molecule has 3 saturated heterocycles. The quantitative estimate of drug-likeness (QED) is 0.176. The number of hydrogen-bond acceptors (Lipinski definition) is 12. The minimum absolute atomic E-state index is 0.184. The van der Waals surface area contributed by atoms with Crippen molar-refractivity contribution in [2.24, 2.45) is 0 Å². The summed E-state index contributed by atoms with van der Waals surface area (Å²) in [6.45, 7) is 14.0. The van der Waals surface area contributed by atoms with Crippen molar-refractivity contribution < 1.29 is 19.3 Å². The first-order valence-electron chi connectivity index (χ1n) is 15.3. The normalized spacial score (nSPS) is 21.9. The van der Waals surface area contributed by atoms with Crippen LogP contribution in [0.2, 0.25) is 0 Å². The zero-order valence-corrected chi connectivity index (χ0v) is 33.5. The van der Waals surface area contributed by atoms with Gasteiger partial charge in [0.1, 0.15) is 36.3 Å². The predicted molar refractivity (Wildman–Crippen MR) is 212 cm³/mol. The van der Waals surface area contributed by atoms with Crippen molar-refractivity contribution in [3.8, 4) is 11.5 Å². The molecule has 3 fully saturated rings. The maximum atomic E-state index is 10.6. The van der Waals surface area contributed by atoms with Crippen molar-refractivity contribution in [1.82, 2.24) is 0 Å². The second-order valence-corrected chi connectivity index (χ2v) is 23.1. The summed E-state index contributed by atoms with van der Waals surface area (Å²) >= 11 is 16.0. The van der Waals surface area contributed by atoms with Crippen LogP contribution in [0.15, 0.2) is 24.3 Å². The van der Waals surface area contributed by atoms with Gasteiger partial charge in [0.25, 0.3) is 0 Å². The SMILES string of the molecule is Cc1cc(C(C)(C)c2cc(C)c(OCC3OC3SCC3SCSCS3)c(C)c2)cc(C)c1OCC(O)CSCC1SCSCS1. The van der Waals surface area contributed by atoms with Gasteiger partial charge >= 0.3 is 0 Å². The minimum Gasteiger partial charge on any atom is -0.490 e. The summed E-state index contributed by atoms with van der Waals surface area (Å²) < 4.78 is 19.8. The van der Waals surface area contributed by atoms with Gasteiger partial charge in [-0.15, -0.1) is 82.3 Å². The maximum Gasteiger partial charge on any atom is 0.133 e. The average Bonchev–Trinajstić information content (AvgIpc) is 3.78. The lowest BCUT2D eigenvalue weighted by Crippen LogP contribution is -2.23. The number of benzene rings is 2. The summed E-state index contributed by atoms with van der Waals surface area (Å²) in [7, 11) is 0. The molecule has 3 heterocycles. The van der Waals surface area contributed by atoms with Gasteiger partial charge in [-0.3, -0.25) is 0 Å². The third-order valence-electron chi connectivity index (χ3n) is 8.02. The predicted octanol–water partition coefficient (Wildman–Crippen LogP) is 9.46. The molecule has 0 spiro atoms. The lowest BCUT2D eigenvalue weighted by molar-refractivity contribution is 0.125. The second-order valence-electron chi connectivity index (χ2n) is 12.1. The van der Waals surface area contributed by atoms with E-state index in [1.165, 1.54) is 31.5 Å². The summed E-state index contributed by atoms with van der Waals surface area (Å²) in [6.07, 6.45) is -0.289. The molecule has 0 bridgehead atoms. The van der Waals surface area contributed by atoms with Crippen LogP contribution < -0.4 is 9.47 Å². The summed E-state index contributed by atoms with van der Waals surface area (Å²) in [6, 6.07) is 9.06. The molecule has 0 saturated carbocycles. The number of aliphatic hydroxyl groups excluding tert-OH is 1. The fraction of sp³-hybridized carbons (Fsp3) is 0.636. The Bertz CT molecular complexity index is 1160. The van der Waals surface area contributed by atoms with E-state index in [9.17, 15) is 5.11 Å². The van der Waals surface area contributed by atoms with E-state index in [1.807, 2.05) is 70.6 Å². The van der Waals surface area contributed by atoms with Crippen molar-refractivity contribution >= 4 is 94.1 Å². The molecule has 0 amide bonds. The van der Waals surface area contributed by atoms with Gasteiger partial charge in [0, 0.05) is 43.0 Å². The van der Waals surface area contributed by atoms with Gasteiger partial charge in [-0.2, -0.15) is 11.8 Å². The van der Waals surface area contributed by atoms with Crippen LogP contribution in [-0.4, -0.2) is 82.7 Å². The molecule has 3 aliphatic rings. The van der Waals surface area contributed by atoms with Crippen LogP contribution in [0.4, 0.5) is 0 Å². The van der Waals surface area contributed by atoms with Crippen LogP contribution in [0.1, 0.15) is 47.2 Å². The molecule has 0 aliphatic carbocycles. The summed E-state index contributed by atoms with van der Waals surface area (Å²) in [5.41, 5.74) is 7.14. The van der Waals surface area contributed by atoms with Gasteiger partial charge < -0.3 is 19.3 Å². The number of aryl methyl sites for hydroxylation is 4. The van der Waals surface area contributed by atoms with Crippen molar-refractivity contribution in [2.75, 3.05) is 50.8 Å². The molecule has 0 aromatic heterocycles. The fourth-order valence-corrected chi connectivity index (χ4v) is 18.0. The Balaban J connectivity index is 1.13. The van der Waals surface area contributed by atoms with Gasteiger partial charge in [0.05, 0.1) is 15.3 Å². The molecule has 250 valence electrons. The van der Waals surface area contributed by atoms with E-state index < -0.39 is 6.10 Å². The Morgan fingerprint density at radius 1 is 0.800 bits per heavy atom. The Kier molecular flexibility index (Phi) is 14.5. The van der Waals surface area contributed by atoms with Crippen LogP contribution in [0.3, 0.4) is 0 Å². The first kappa shape index (κ1) is 37.0. The minimum atomic E-state index is -0.473. The molecular formula is C33H46O4S8. The van der Waals surface area contributed by atoms with Crippen LogP contribution in [0.25, 0.3) is 0 Å². The Labute approximate surface area is 304 Å². The third kappa shape index (κ3) is 10.6. The Morgan fingerprint density at radius 3 is 1.82 bits per heavy atom. The number of aliphatic hydroxyl groups is 1. The largest absolute Gasteiger partial charge is 0.490 e. The van der Waals surface area contributed by atoms with Gasteiger partial charge in [-0.05, 0) is 61.1 Å². The summed E-state index contributed by atoms with van der Waals surface area (Å²) in [4.78, 5) is 0. The van der Waals surface area contributed by atoms with E-state index in [-0.39, 0.29) is 17.0 Å². The topological polar surface area (TPSA) is 51.2 Å². The second kappa shape index (κ2) is 17.6. The maximum absolute atomic E-state index is 10.6. The number of hydrogen-bond donors (Lipinski definition) is 1. The standard InChI is InChI=1S/C33H46O4S8/c1-20-7-24(8-21(2)30(20)35-11-26(34)13-38-14-28-42-16-39-17-43-28)33(5,6)25-9-22(3)31(23(4)10-25)36-12-27-32(37-27)41-15-29-44-18-40-19-45-29/h7-10,26-29,32,34H,11-19H2,1-6H3. The molecule has 1 N–H and O–H groups in total. The lowest BCUT2D eigenvalue weighted by atomic mass is 9.76. The fourth-order valence-electron chi connectivity index (χ4n) is 5.36. The molecular weight excluding hydrogens is 717 g/mol. The van der Waals surface area contributed by atoms with Crippen LogP contribution >= 0.6 is 94.1 Å². The van der Waals surface area contributed by atoms with E-state index >= 15 is 0 Å². The third-order valence-corrected chi connectivity index (χ3v) is 20.0. The Hall–Kier alpha value is 0.760. The first-order chi connectivity index (χ1) is 21.6. The smallest absolute Gasteiger partial charge is 0.133 e. The van der Waals surface area contributed by atoms with Gasteiger partial charge in [0.15, 0.2) is 0 Å². The van der Waals surface area contributed by atoms with Crippen molar-refractivity contribution in [3.05, 3.63) is 57.6 Å². The van der Waals surface area contributed by atoms with E-state index in [1.54, 1.807) is 0 Å². The van der Waals surface area contributed by atoms with Crippen LogP contribution in [0.5, 0.6) is 11.5 Å². The van der Waals surface area contributed by atoms with E-state index in [4.69, 9.17) is 14.2 Å². The highest BCUT2D eigenvalue weighted by Crippen LogP contribution is 2.43. The Morgan fingerprint density at radius 2 is 1.29 bits per heavy atom. The number of ether oxygens (including phenoxy) is 3.